The Bertz CT molecular complexity index is 2870. The molecule has 0 aromatic heterocycles. The second-order valence-corrected chi connectivity index (χ2v) is 15.2. The van der Waals surface area contributed by atoms with Crippen molar-refractivity contribution in [2.75, 3.05) is 9.80 Å². The Morgan fingerprint density at radius 1 is 0.373 bits per heavy atom. The molecule has 8 aromatic carbocycles. The summed E-state index contributed by atoms with van der Waals surface area (Å²) in [4.78, 5) is 4.60. The lowest BCUT2D eigenvalue weighted by Gasteiger charge is -2.34. The molecule has 2 heterocycles. The summed E-state index contributed by atoms with van der Waals surface area (Å²) in [6.07, 6.45) is 9.01. The summed E-state index contributed by atoms with van der Waals surface area (Å²) in [5.74, 6) is 3.32. The van der Waals surface area contributed by atoms with Gasteiger partial charge in [-0.25, -0.2) is 0 Å². The minimum Gasteiger partial charge on any atom is -0.458 e. The van der Waals surface area contributed by atoms with Crippen molar-refractivity contribution in [1.29, 1.82) is 0 Å². The van der Waals surface area contributed by atoms with Gasteiger partial charge in [0.05, 0.1) is 0 Å². The molecule has 0 fully saturated rings. The standard InChI is InChI=1S/C54H39BN2O2/c1-5-14-38(15-6-1)40-24-28-44(29-25-40)56(42-18-9-3-10-19-42)46-32-34-48-52(36-46)58-50-22-13-23-51-54(50)55(48)49-35-33-47(37-53(49)59-51)57(43-20-11-4-12-21-43)45-30-26-41(27-31-45)39-16-7-2-8-17-39/h1,3-7,9-37H,2,8H2. The third-order valence-corrected chi connectivity index (χ3v) is 11.6. The lowest BCUT2D eigenvalue weighted by Crippen LogP contribution is -2.57. The van der Waals surface area contributed by atoms with E-state index in [9.17, 15) is 0 Å². The Hall–Kier alpha value is -7.50. The smallest absolute Gasteiger partial charge is 0.260 e. The van der Waals surface area contributed by atoms with Crippen LogP contribution in [0, 0.1) is 0 Å². The number of nitrogens with zero attached hydrogens (tertiary/aromatic N) is 2. The summed E-state index contributed by atoms with van der Waals surface area (Å²) in [7, 11) is 0. The Kier molecular flexibility index (Phi) is 8.70. The van der Waals surface area contributed by atoms with Gasteiger partial charge in [0.2, 0.25) is 0 Å². The highest BCUT2D eigenvalue weighted by Crippen LogP contribution is 2.42. The molecule has 1 aliphatic carbocycles. The van der Waals surface area contributed by atoms with Crippen molar-refractivity contribution in [3.05, 3.63) is 218 Å². The largest absolute Gasteiger partial charge is 0.458 e. The van der Waals surface area contributed by atoms with Crippen LogP contribution in [0.4, 0.5) is 34.1 Å². The zero-order valence-electron chi connectivity index (χ0n) is 32.4. The highest BCUT2D eigenvalue weighted by atomic mass is 16.5. The molecule has 0 amide bonds. The number of fused-ring (bicyclic) bond motifs is 4. The van der Waals surface area contributed by atoms with E-state index >= 15 is 0 Å². The predicted molar refractivity (Wildman–Crippen MR) is 245 cm³/mol. The number of ether oxygens (including phenoxy) is 2. The van der Waals surface area contributed by atoms with Gasteiger partial charge in [-0.05, 0) is 119 Å². The van der Waals surface area contributed by atoms with E-state index in [1.54, 1.807) is 0 Å². The van der Waals surface area contributed by atoms with Crippen LogP contribution < -0.4 is 35.7 Å². The normalized spacial score (nSPS) is 13.2. The maximum Gasteiger partial charge on any atom is 0.260 e. The van der Waals surface area contributed by atoms with Gasteiger partial charge in [-0.1, -0.05) is 127 Å². The predicted octanol–water partition coefficient (Wildman–Crippen LogP) is 12.8. The van der Waals surface area contributed by atoms with E-state index in [2.05, 4.69) is 216 Å². The Balaban J connectivity index is 0.982. The van der Waals surface area contributed by atoms with Crippen LogP contribution in [-0.4, -0.2) is 6.71 Å². The fourth-order valence-electron chi connectivity index (χ4n) is 8.79. The molecule has 3 aliphatic rings. The van der Waals surface area contributed by atoms with Crippen LogP contribution in [0.1, 0.15) is 18.4 Å². The second-order valence-electron chi connectivity index (χ2n) is 15.2. The Labute approximate surface area is 345 Å². The molecule has 0 unspecified atom stereocenters. The van der Waals surface area contributed by atoms with Gasteiger partial charge in [0, 0.05) is 51.7 Å². The lowest BCUT2D eigenvalue weighted by atomic mass is 9.35. The number of benzene rings is 8. The molecule has 0 radical (unpaired) electrons. The summed E-state index contributed by atoms with van der Waals surface area (Å²) >= 11 is 0. The average Bonchev–Trinajstić information content (AvgIpc) is 3.31. The molecule has 280 valence electrons. The van der Waals surface area contributed by atoms with Crippen molar-refractivity contribution in [1.82, 2.24) is 0 Å². The zero-order valence-corrected chi connectivity index (χ0v) is 32.4. The van der Waals surface area contributed by atoms with Gasteiger partial charge in [-0.2, -0.15) is 0 Å². The monoisotopic (exact) mass is 758 g/mol. The molecule has 0 atom stereocenters. The highest BCUT2D eigenvalue weighted by molar-refractivity contribution is 6.98. The molecule has 0 bridgehead atoms. The molecule has 0 N–H and O–H groups in total. The van der Waals surface area contributed by atoms with Gasteiger partial charge in [0.15, 0.2) is 0 Å². The maximum absolute atomic E-state index is 6.79. The van der Waals surface area contributed by atoms with E-state index < -0.39 is 0 Å². The molecule has 5 heteroatoms. The Morgan fingerprint density at radius 2 is 0.831 bits per heavy atom. The molecule has 59 heavy (non-hydrogen) atoms. The first kappa shape index (κ1) is 34.7. The number of allylic oxidation sites excluding steroid dienone is 4. The van der Waals surface area contributed by atoms with E-state index in [0.717, 1.165) is 86.4 Å². The minimum atomic E-state index is -0.0617. The third kappa shape index (κ3) is 6.38. The van der Waals surface area contributed by atoms with E-state index in [-0.39, 0.29) is 6.71 Å². The Morgan fingerprint density at radius 3 is 1.34 bits per heavy atom. The summed E-state index contributed by atoms with van der Waals surface area (Å²) in [6.45, 7) is -0.0617. The van der Waals surface area contributed by atoms with Crippen LogP contribution in [-0.2, 0) is 0 Å². The molecule has 11 rings (SSSR count). The summed E-state index contributed by atoms with van der Waals surface area (Å²) in [5.41, 5.74) is 14.5. The van der Waals surface area contributed by atoms with Gasteiger partial charge < -0.3 is 19.3 Å². The fraction of sp³-hybridized carbons (Fsp3) is 0.0370. The van der Waals surface area contributed by atoms with Crippen LogP contribution in [0.5, 0.6) is 23.0 Å². The van der Waals surface area contributed by atoms with Gasteiger partial charge in [-0.3, -0.25) is 0 Å². The van der Waals surface area contributed by atoms with Crippen LogP contribution in [0.15, 0.2) is 212 Å². The summed E-state index contributed by atoms with van der Waals surface area (Å²) < 4.78 is 13.6. The highest BCUT2D eigenvalue weighted by Gasteiger charge is 2.40. The van der Waals surface area contributed by atoms with Gasteiger partial charge in [-0.15, -0.1) is 0 Å². The van der Waals surface area contributed by atoms with Gasteiger partial charge >= 0.3 is 0 Å². The van der Waals surface area contributed by atoms with Crippen molar-refractivity contribution in [2.45, 2.75) is 12.8 Å². The van der Waals surface area contributed by atoms with E-state index in [1.807, 2.05) is 6.07 Å². The molecular weight excluding hydrogens is 719 g/mol. The first-order chi connectivity index (χ1) is 29.2. The van der Waals surface area contributed by atoms with Gasteiger partial charge in [0.1, 0.15) is 23.0 Å². The zero-order chi connectivity index (χ0) is 39.1. The molecule has 8 aromatic rings. The average molecular weight is 759 g/mol. The van der Waals surface area contributed by atoms with Crippen molar-refractivity contribution in [3.8, 4) is 34.1 Å². The van der Waals surface area contributed by atoms with Crippen LogP contribution >= 0.6 is 0 Å². The van der Waals surface area contributed by atoms with Crippen LogP contribution in [0.2, 0.25) is 0 Å². The minimum absolute atomic E-state index is 0.0617. The van der Waals surface area contributed by atoms with E-state index in [4.69, 9.17) is 9.47 Å². The van der Waals surface area contributed by atoms with Crippen molar-refractivity contribution in [2.24, 2.45) is 0 Å². The molecule has 0 saturated carbocycles. The first-order valence-corrected chi connectivity index (χ1v) is 20.3. The molecule has 0 saturated heterocycles. The maximum atomic E-state index is 6.79. The number of rotatable bonds is 8. The molecular formula is C54H39BN2O2. The van der Waals surface area contributed by atoms with E-state index in [1.165, 1.54) is 22.3 Å². The van der Waals surface area contributed by atoms with Crippen LogP contribution in [0.25, 0.3) is 16.7 Å². The number of anilines is 6. The summed E-state index contributed by atoms with van der Waals surface area (Å²) in [6, 6.07) is 68.7. The molecule has 0 spiro atoms. The lowest BCUT2D eigenvalue weighted by molar-refractivity contribution is 0.464. The second kappa shape index (κ2) is 14.8. The topological polar surface area (TPSA) is 24.9 Å². The number of hydrogen-bond donors (Lipinski definition) is 0. The van der Waals surface area contributed by atoms with Crippen molar-refractivity contribution in [3.63, 3.8) is 0 Å². The first-order valence-electron chi connectivity index (χ1n) is 20.3. The molecule has 4 nitrogen and oxygen atoms in total. The van der Waals surface area contributed by atoms with E-state index in [0.29, 0.717) is 0 Å². The summed E-state index contributed by atoms with van der Waals surface area (Å²) in [5, 5.41) is 0. The quantitative estimate of drug-likeness (QED) is 0.144. The molecule has 2 aliphatic heterocycles. The van der Waals surface area contributed by atoms with Crippen molar-refractivity contribution < 1.29 is 9.47 Å². The van der Waals surface area contributed by atoms with Crippen molar-refractivity contribution >= 4 is 62.8 Å². The number of para-hydroxylation sites is 2. The number of hydrogen-bond acceptors (Lipinski definition) is 4. The van der Waals surface area contributed by atoms with Gasteiger partial charge in [0.25, 0.3) is 6.71 Å². The van der Waals surface area contributed by atoms with Crippen LogP contribution in [0.3, 0.4) is 0 Å². The SMILES string of the molecule is C1=CC(c2ccc(N(c3ccccc3)c3ccc4c(c3)Oc3cccc5c3B4c3ccc(N(c4ccccc4)c4ccc(-c6ccccc6)cc4)cc3O5)cc2)=CCC1. The third-order valence-electron chi connectivity index (χ3n) is 11.6. The fourth-order valence-corrected chi connectivity index (χ4v) is 8.79.